The summed E-state index contributed by atoms with van der Waals surface area (Å²) in [6.45, 7) is -2.15. The summed E-state index contributed by atoms with van der Waals surface area (Å²) in [5, 5.41) is 82.8. The van der Waals surface area contributed by atoms with Crippen LogP contribution in [0, 0.1) is 0 Å². The van der Waals surface area contributed by atoms with Gasteiger partial charge in [-0.05, 0) is 6.92 Å². The van der Waals surface area contributed by atoms with Crippen molar-refractivity contribution in [2.24, 2.45) is 0 Å². The normalized spacial score (nSPS) is 13.9. The summed E-state index contributed by atoms with van der Waals surface area (Å²) in [5.41, 5.74) is -1.22. The van der Waals surface area contributed by atoms with Crippen LogP contribution in [0.25, 0.3) is 0 Å². The second-order valence-electron chi connectivity index (χ2n) is 8.83. The van der Waals surface area contributed by atoms with Crippen molar-refractivity contribution in [1.82, 2.24) is 0 Å². The summed E-state index contributed by atoms with van der Waals surface area (Å²) in [5.74, 6) is -3.52. The molecule has 4 unspecified atom stereocenters. The zero-order valence-electron chi connectivity index (χ0n) is 26.0. The summed E-state index contributed by atoms with van der Waals surface area (Å²) >= 11 is 0. The molecule has 20 heteroatoms. The molecule has 10 N–H and O–H groups in total. The summed E-state index contributed by atoms with van der Waals surface area (Å²) in [6.07, 6.45) is -3.57. The maximum Gasteiger partial charge on any atom is 0.220 e. The molecule has 4 atom stereocenters. The van der Waals surface area contributed by atoms with Gasteiger partial charge in [0.25, 0.3) is 0 Å². The third kappa shape index (κ3) is 22.7. The van der Waals surface area contributed by atoms with E-state index in [-0.39, 0.29) is 18.9 Å². The van der Waals surface area contributed by atoms with E-state index in [4.69, 9.17) is 46.0 Å². The second kappa shape index (κ2) is 30.8. The third-order valence-corrected chi connectivity index (χ3v) is 4.98. The van der Waals surface area contributed by atoms with E-state index in [1.54, 1.807) is 24.3 Å². The first-order valence-corrected chi connectivity index (χ1v) is 13.4. The standard InChI is InChI=1S/C10H8O3.C5H8O5.C4H8O4.C4H6O2.C3H6O3.C3H4O3/c1-10(13)8(11)6-4-2-3-5-7(6)9(10)12;6-1-3(8)5(10)4(9)2-7;5-1-3(7)4(8)2-6;5-3-1-2-4-6;2*4-1-3(6)2-5/h2-5,13H,1H3;1,3,5,7-8,10H,2H2;3,5-7H,1-2H2;3-4H,1-2H2;1,3,5-6H,2H2;1,5H,2H2. The Bertz CT molecular complexity index is 1150. The molecular weight excluding hydrogens is 668 g/mol. The number of Topliss-reactive ketones (excluding diaryl/α,β-unsaturated/α-hetero) is 5. The fourth-order valence-corrected chi connectivity index (χ4v) is 2.29. The highest BCUT2D eigenvalue weighted by atomic mass is 16.4. The van der Waals surface area contributed by atoms with Crippen molar-refractivity contribution in [2.45, 2.75) is 49.8 Å². The minimum absolute atomic E-state index is 0.0260. The van der Waals surface area contributed by atoms with Crippen molar-refractivity contribution in [3.8, 4) is 0 Å². The lowest BCUT2D eigenvalue weighted by Crippen LogP contribution is -2.37. The number of aliphatic hydroxyl groups excluding tert-OH is 9. The van der Waals surface area contributed by atoms with Gasteiger partial charge in [0.2, 0.25) is 17.3 Å². The number of rotatable bonds is 14. The Balaban J connectivity index is -0.000000256. The average Bonchev–Trinajstić information content (AvgIpc) is 3.31. The van der Waals surface area contributed by atoms with Crippen LogP contribution in [0.1, 0.15) is 40.5 Å². The Labute approximate surface area is 277 Å². The van der Waals surface area contributed by atoms with E-state index in [1.165, 1.54) is 6.92 Å². The molecule has 276 valence electrons. The van der Waals surface area contributed by atoms with Crippen molar-refractivity contribution < 1.29 is 99.0 Å². The maximum absolute atomic E-state index is 11.5. The minimum Gasteiger partial charge on any atom is -0.393 e. The van der Waals surface area contributed by atoms with Crippen LogP contribution in [0.15, 0.2) is 24.3 Å². The molecule has 0 aliphatic heterocycles. The van der Waals surface area contributed by atoms with Gasteiger partial charge in [-0.3, -0.25) is 28.8 Å². The molecule has 0 bridgehead atoms. The lowest BCUT2D eigenvalue weighted by atomic mass is 10.0. The number of carbonyl (C=O) groups excluding carboxylic acids is 10. The van der Waals surface area contributed by atoms with E-state index in [2.05, 4.69) is 0 Å². The molecule has 0 heterocycles. The average molecular weight is 709 g/mol. The predicted octanol–water partition coefficient (Wildman–Crippen LogP) is -6.36. The largest absolute Gasteiger partial charge is 0.393 e. The van der Waals surface area contributed by atoms with E-state index in [9.17, 15) is 53.1 Å². The van der Waals surface area contributed by atoms with E-state index in [0.717, 1.165) is 12.6 Å². The van der Waals surface area contributed by atoms with Crippen molar-refractivity contribution in [3.05, 3.63) is 35.4 Å². The molecule has 0 saturated carbocycles. The molecule has 20 nitrogen and oxygen atoms in total. The minimum atomic E-state index is -1.86. The quantitative estimate of drug-likeness (QED) is 0.0372. The highest BCUT2D eigenvalue weighted by Crippen LogP contribution is 2.29. The van der Waals surface area contributed by atoms with E-state index >= 15 is 0 Å². The molecule has 0 spiro atoms. The molecule has 1 aliphatic rings. The van der Waals surface area contributed by atoms with Crippen LogP contribution in [0.4, 0.5) is 0 Å². The molecule has 0 amide bonds. The van der Waals surface area contributed by atoms with Gasteiger partial charge in [-0.15, -0.1) is 0 Å². The number of unbranched alkanes of at least 4 members (excludes halogenated alkanes) is 1. The first kappa shape index (κ1) is 51.4. The van der Waals surface area contributed by atoms with Crippen LogP contribution in [-0.4, -0.2) is 174 Å². The topological polar surface area (TPSA) is 373 Å². The van der Waals surface area contributed by atoms with Gasteiger partial charge in [-0.1, -0.05) is 24.3 Å². The molecule has 1 aromatic carbocycles. The fourth-order valence-electron chi connectivity index (χ4n) is 2.29. The number of aldehydes is 5. The van der Waals surface area contributed by atoms with Gasteiger partial charge >= 0.3 is 0 Å². The van der Waals surface area contributed by atoms with Crippen molar-refractivity contribution in [2.75, 3.05) is 33.0 Å². The van der Waals surface area contributed by atoms with Crippen LogP contribution in [0.2, 0.25) is 0 Å². The summed E-state index contributed by atoms with van der Waals surface area (Å²) in [6, 6.07) is 6.45. The molecule has 1 aliphatic carbocycles. The highest BCUT2D eigenvalue weighted by Gasteiger charge is 2.47. The number of hydrogen-bond acceptors (Lipinski definition) is 20. The highest BCUT2D eigenvalue weighted by molar-refractivity contribution is 6.31. The smallest absolute Gasteiger partial charge is 0.220 e. The fraction of sp³-hybridized carbons (Fsp3) is 0.448. The number of hydrogen-bond donors (Lipinski definition) is 10. The van der Waals surface area contributed by atoms with Gasteiger partial charge < -0.3 is 70.2 Å². The number of fused-ring (bicyclic) bond motifs is 1. The zero-order chi connectivity index (χ0) is 39.2. The SMILES string of the molecule is CC1(O)C(=O)c2ccccc2C1=O.O=C(CO)C(O)CO.O=CC(=O)CO.O=CC(O)C(O)C(=O)CO.O=CC(O)CO.O=CCCC=O. The third-order valence-electron chi connectivity index (χ3n) is 4.98. The number of aliphatic hydroxyl groups is 10. The van der Waals surface area contributed by atoms with Crippen LogP contribution in [-0.2, 0) is 38.4 Å². The van der Waals surface area contributed by atoms with Crippen LogP contribution >= 0.6 is 0 Å². The molecule has 0 saturated heterocycles. The van der Waals surface area contributed by atoms with Crippen LogP contribution in [0.5, 0.6) is 0 Å². The van der Waals surface area contributed by atoms with Crippen molar-refractivity contribution >= 4 is 60.3 Å². The second-order valence-corrected chi connectivity index (χ2v) is 8.83. The summed E-state index contributed by atoms with van der Waals surface area (Å²) in [4.78, 5) is 99.9. The van der Waals surface area contributed by atoms with Crippen molar-refractivity contribution in [1.29, 1.82) is 0 Å². The Morgan fingerprint density at radius 2 is 1.12 bits per heavy atom. The summed E-state index contributed by atoms with van der Waals surface area (Å²) in [7, 11) is 0. The number of carbonyl (C=O) groups is 10. The van der Waals surface area contributed by atoms with Gasteiger partial charge in [0.05, 0.1) is 13.2 Å². The number of benzene rings is 1. The molecule has 0 fully saturated rings. The molecule has 49 heavy (non-hydrogen) atoms. The van der Waals surface area contributed by atoms with E-state index < -0.39 is 92.0 Å². The maximum atomic E-state index is 11.5. The van der Waals surface area contributed by atoms with Gasteiger partial charge in [0.1, 0.15) is 56.8 Å². The van der Waals surface area contributed by atoms with Gasteiger partial charge in [-0.25, -0.2) is 0 Å². The lowest BCUT2D eigenvalue weighted by Gasteiger charge is -2.10. The Kier molecular flexibility index (Phi) is 32.3. The molecular formula is C29H40O20. The zero-order valence-corrected chi connectivity index (χ0v) is 26.0. The Morgan fingerprint density at radius 3 is 1.33 bits per heavy atom. The van der Waals surface area contributed by atoms with Gasteiger partial charge in [-0.2, -0.15) is 0 Å². The number of ketones is 5. The van der Waals surface area contributed by atoms with Crippen LogP contribution in [0.3, 0.4) is 0 Å². The van der Waals surface area contributed by atoms with E-state index in [1.807, 2.05) is 0 Å². The van der Waals surface area contributed by atoms with Crippen LogP contribution < -0.4 is 0 Å². The lowest BCUT2D eigenvalue weighted by molar-refractivity contribution is -0.139. The van der Waals surface area contributed by atoms with Crippen molar-refractivity contribution in [3.63, 3.8) is 0 Å². The van der Waals surface area contributed by atoms with Gasteiger partial charge in [0, 0.05) is 24.0 Å². The Morgan fingerprint density at radius 1 is 0.694 bits per heavy atom. The Hall–Kier alpha value is -4.48. The van der Waals surface area contributed by atoms with E-state index in [0.29, 0.717) is 24.0 Å². The summed E-state index contributed by atoms with van der Waals surface area (Å²) < 4.78 is 0. The molecule has 0 radical (unpaired) electrons. The monoisotopic (exact) mass is 708 g/mol. The first-order valence-electron chi connectivity index (χ1n) is 13.4. The molecule has 2 rings (SSSR count). The molecule has 1 aromatic rings. The van der Waals surface area contributed by atoms with Gasteiger partial charge in [0.15, 0.2) is 36.0 Å². The predicted molar refractivity (Wildman–Crippen MR) is 160 cm³/mol. The molecule has 0 aromatic heterocycles. The first-order chi connectivity index (χ1) is 22.9.